The van der Waals surface area contributed by atoms with Crippen LogP contribution < -0.4 is 5.84 Å². The molecule has 1 aliphatic rings. The molecule has 0 aromatic rings. The van der Waals surface area contributed by atoms with E-state index in [4.69, 9.17) is 5.84 Å². The second kappa shape index (κ2) is 3.51. The average molecular weight is 150 g/mol. The topological polar surface area (TPSA) is 29.3 Å². The van der Waals surface area contributed by atoms with Gasteiger partial charge in [0, 0.05) is 13.1 Å². The summed E-state index contributed by atoms with van der Waals surface area (Å²) in [7, 11) is 0. The summed E-state index contributed by atoms with van der Waals surface area (Å²) in [5.41, 5.74) is 2.48. The monoisotopic (exact) mass is 150 g/mol. The second-order valence-corrected chi connectivity index (χ2v) is 2.68. The molecule has 0 saturated carbocycles. The number of nitrogens with two attached hydrogens (primary N) is 1. The summed E-state index contributed by atoms with van der Waals surface area (Å²) < 4.78 is 0. The quantitative estimate of drug-likeness (QED) is 0.600. The third-order valence-corrected chi connectivity index (χ3v) is 1.95. The molecule has 0 aliphatic carbocycles. The molecule has 1 heterocycles. The molecule has 0 spiro atoms. The molecule has 0 unspecified atom stereocenters. The molecule has 0 saturated heterocycles. The maximum atomic E-state index is 5.63. The number of hydrogen-bond acceptors (Lipinski definition) is 2. The molecule has 2 N–H and O–H groups in total. The molecule has 2 nitrogen and oxygen atoms in total. The largest absolute Gasteiger partial charge is 0.268 e. The van der Waals surface area contributed by atoms with Crippen molar-refractivity contribution in [1.82, 2.24) is 5.01 Å². The number of hydrazine groups is 1. The van der Waals surface area contributed by atoms with Crippen molar-refractivity contribution in [3.05, 3.63) is 36.5 Å². The summed E-state index contributed by atoms with van der Waals surface area (Å²) in [6, 6.07) is 0. The Morgan fingerprint density at radius 2 is 1.91 bits per heavy atom. The lowest BCUT2D eigenvalue weighted by atomic mass is 10.0. The first-order valence-corrected chi connectivity index (χ1v) is 3.74. The van der Waals surface area contributed by atoms with Crippen LogP contribution in [0.2, 0.25) is 0 Å². The molecular weight excluding hydrogens is 136 g/mol. The van der Waals surface area contributed by atoms with E-state index < -0.39 is 0 Å². The summed E-state index contributed by atoms with van der Waals surface area (Å²) in [4.78, 5) is 0. The highest BCUT2D eigenvalue weighted by Crippen LogP contribution is 2.16. The van der Waals surface area contributed by atoms with Crippen LogP contribution in [-0.2, 0) is 0 Å². The standard InChI is InChI=1S/C9H14N2/c1-3-8-5-6-11(10)7-9(8)4-2/h3-4H,1-2,5-7,10H2. The smallest absolute Gasteiger partial charge is 0.0382 e. The van der Waals surface area contributed by atoms with Crippen molar-refractivity contribution in [2.75, 3.05) is 13.1 Å². The minimum absolute atomic E-state index is 0.796. The molecule has 0 aromatic heterocycles. The highest BCUT2D eigenvalue weighted by molar-refractivity contribution is 5.34. The van der Waals surface area contributed by atoms with E-state index in [1.54, 1.807) is 5.01 Å². The van der Waals surface area contributed by atoms with Crippen LogP contribution in [0.15, 0.2) is 36.5 Å². The first-order valence-electron chi connectivity index (χ1n) is 3.74. The van der Waals surface area contributed by atoms with E-state index in [2.05, 4.69) is 13.2 Å². The maximum absolute atomic E-state index is 5.63. The van der Waals surface area contributed by atoms with Crippen LogP contribution >= 0.6 is 0 Å². The molecule has 0 fully saturated rings. The van der Waals surface area contributed by atoms with Gasteiger partial charge in [0.05, 0.1) is 0 Å². The lowest BCUT2D eigenvalue weighted by Crippen LogP contribution is -2.36. The molecule has 1 aliphatic heterocycles. The Kier molecular flexibility index (Phi) is 2.63. The van der Waals surface area contributed by atoms with Gasteiger partial charge in [0.2, 0.25) is 0 Å². The fourth-order valence-electron chi connectivity index (χ4n) is 1.25. The van der Waals surface area contributed by atoms with Crippen molar-refractivity contribution in [1.29, 1.82) is 0 Å². The van der Waals surface area contributed by atoms with Crippen molar-refractivity contribution in [2.45, 2.75) is 6.42 Å². The third kappa shape index (κ3) is 1.79. The Labute approximate surface area is 67.7 Å². The molecule has 0 radical (unpaired) electrons. The Morgan fingerprint density at radius 3 is 2.45 bits per heavy atom. The Morgan fingerprint density at radius 1 is 1.27 bits per heavy atom. The van der Waals surface area contributed by atoms with Crippen LogP contribution in [0.1, 0.15) is 6.42 Å². The molecule has 1 rings (SSSR count). The Balaban J connectivity index is 2.82. The van der Waals surface area contributed by atoms with E-state index in [1.807, 2.05) is 12.2 Å². The van der Waals surface area contributed by atoms with Gasteiger partial charge in [-0.2, -0.15) is 0 Å². The van der Waals surface area contributed by atoms with Crippen molar-refractivity contribution in [2.24, 2.45) is 5.84 Å². The van der Waals surface area contributed by atoms with Gasteiger partial charge in [0.1, 0.15) is 0 Å². The highest BCUT2D eigenvalue weighted by atomic mass is 15.4. The number of nitrogens with zero attached hydrogens (tertiary/aromatic N) is 1. The van der Waals surface area contributed by atoms with Crippen molar-refractivity contribution < 1.29 is 0 Å². The predicted molar refractivity (Wildman–Crippen MR) is 47.8 cm³/mol. The number of rotatable bonds is 2. The van der Waals surface area contributed by atoms with Gasteiger partial charge in [-0.05, 0) is 17.6 Å². The number of allylic oxidation sites excluding steroid dienone is 1. The molecule has 0 bridgehead atoms. The molecule has 60 valence electrons. The van der Waals surface area contributed by atoms with Crippen LogP contribution in [0.5, 0.6) is 0 Å². The average Bonchev–Trinajstić information content (AvgIpc) is 2.04. The zero-order valence-corrected chi connectivity index (χ0v) is 6.71. The van der Waals surface area contributed by atoms with Crippen molar-refractivity contribution in [3.8, 4) is 0 Å². The van der Waals surface area contributed by atoms with E-state index >= 15 is 0 Å². The van der Waals surface area contributed by atoms with Crippen LogP contribution in [0.3, 0.4) is 0 Å². The van der Waals surface area contributed by atoms with Gasteiger partial charge in [-0.3, -0.25) is 5.84 Å². The fraction of sp³-hybridized carbons (Fsp3) is 0.333. The van der Waals surface area contributed by atoms with Gasteiger partial charge in [-0.25, -0.2) is 5.01 Å². The van der Waals surface area contributed by atoms with Crippen LogP contribution in [0, 0.1) is 0 Å². The van der Waals surface area contributed by atoms with E-state index in [1.165, 1.54) is 11.1 Å². The van der Waals surface area contributed by atoms with Gasteiger partial charge < -0.3 is 0 Å². The van der Waals surface area contributed by atoms with Crippen molar-refractivity contribution in [3.63, 3.8) is 0 Å². The minimum atomic E-state index is 0.796. The van der Waals surface area contributed by atoms with E-state index in [9.17, 15) is 0 Å². The minimum Gasteiger partial charge on any atom is -0.268 e. The molecule has 11 heavy (non-hydrogen) atoms. The predicted octanol–water partition coefficient (Wildman–Crippen LogP) is 1.23. The van der Waals surface area contributed by atoms with E-state index in [0.717, 1.165) is 19.5 Å². The van der Waals surface area contributed by atoms with Gasteiger partial charge in [-0.15, -0.1) is 0 Å². The lowest BCUT2D eigenvalue weighted by Gasteiger charge is -2.24. The molecular formula is C9H14N2. The summed E-state index contributed by atoms with van der Waals surface area (Å²) in [5, 5.41) is 1.80. The van der Waals surface area contributed by atoms with Crippen LogP contribution in [-0.4, -0.2) is 18.1 Å². The van der Waals surface area contributed by atoms with Gasteiger partial charge in [-0.1, -0.05) is 25.3 Å². The SMILES string of the molecule is C=CC1=C(C=C)CN(N)CC1. The molecule has 0 aromatic carbocycles. The summed E-state index contributed by atoms with van der Waals surface area (Å²) in [5.74, 6) is 5.63. The van der Waals surface area contributed by atoms with Gasteiger partial charge >= 0.3 is 0 Å². The summed E-state index contributed by atoms with van der Waals surface area (Å²) in [6.45, 7) is 9.18. The zero-order valence-electron chi connectivity index (χ0n) is 6.71. The number of hydrogen-bond donors (Lipinski definition) is 1. The highest BCUT2D eigenvalue weighted by Gasteiger charge is 2.11. The lowest BCUT2D eigenvalue weighted by molar-refractivity contribution is 0.300. The molecule has 0 atom stereocenters. The first kappa shape index (κ1) is 8.24. The van der Waals surface area contributed by atoms with E-state index in [-0.39, 0.29) is 0 Å². The normalized spacial score (nSPS) is 20.1. The van der Waals surface area contributed by atoms with Gasteiger partial charge in [0.25, 0.3) is 0 Å². The van der Waals surface area contributed by atoms with Crippen LogP contribution in [0.4, 0.5) is 0 Å². The first-order chi connectivity index (χ1) is 5.27. The summed E-state index contributed by atoms with van der Waals surface area (Å²) in [6.07, 6.45) is 4.74. The Bertz CT molecular complexity index is 204. The van der Waals surface area contributed by atoms with Crippen molar-refractivity contribution >= 4 is 0 Å². The fourth-order valence-corrected chi connectivity index (χ4v) is 1.25. The zero-order chi connectivity index (χ0) is 8.27. The summed E-state index contributed by atoms with van der Waals surface area (Å²) >= 11 is 0. The molecule has 0 amide bonds. The van der Waals surface area contributed by atoms with E-state index in [0.29, 0.717) is 0 Å². The van der Waals surface area contributed by atoms with Gasteiger partial charge in [0.15, 0.2) is 0 Å². The second-order valence-electron chi connectivity index (χ2n) is 2.68. The maximum Gasteiger partial charge on any atom is 0.0382 e. The van der Waals surface area contributed by atoms with Crippen LogP contribution in [0.25, 0.3) is 0 Å². The Hall–Kier alpha value is -0.860. The molecule has 2 heteroatoms. The third-order valence-electron chi connectivity index (χ3n) is 1.95.